The van der Waals surface area contributed by atoms with E-state index in [2.05, 4.69) is 45.0 Å². The van der Waals surface area contributed by atoms with Crippen molar-refractivity contribution in [2.24, 2.45) is 0 Å². The Hall–Kier alpha value is -0.120. The molecule has 0 aliphatic carbocycles. The van der Waals surface area contributed by atoms with Gasteiger partial charge < -0.3 is 15.0 Å². The molecule has 2 atom stereocenters. The van der Waals surface area contributed by atoms with E-state index in [0.29, 0.717) is 18.2 Å². The Morgan fingerprint density at radius 2 is 1.75 bits per heavy atom. The Kier molecular flexibility index (Phi) is 8.90. The summed E-state index contributed by atoms with van der Waals surface area (Å²) < 4.78 is 5.27. The summed E-state index contributed by atoms with van der Waals surface area (Å²) in [5.74, 6) is 0. The highest BCUT2D eigenvalue weighted by molar-refractivity contribution is 4.67. The van der Waals surface area contributed by atoms with Crippen molar-refractivity contribution in [2.75, 3.05) is 27.2 Å². The molecule has 0 aromatic carbocycles. The lowest BCUT2D eigenvalue weighted by Gasteiger charge is -2.22. The van der Waals surface area contributed by atoms with E-state index in [1.165, 1.54) is 19.4 Å². The van der Waals surface area contributed by atoms with Crippen molar-refractivity contribution in [2.45, 2.75) is 58.7 Å². The number of hydrogen-bond acceptors (Lipinski definition) is 3. The normalized spacial score (nSPS) is 15.8. The van der Waals surface area contributed by atoms with Gasteiger partial charge in [-0.25, -0.2) is 0 Å². The van der Waals surface area contributed by atoms with Gasteiger partial charge in [-0.05, 0) is 60.7 Å². The summed E-state index contributed by atoms with van der Waals surface area (Å²) in [6, 6.07) is 1.09. The van der Waals surface area contributed by atoms with Gasteiger partial charge >= 0.3 is 0 Å². The lowest BCUT2D eigenvalue weighted by molar-refractivity contribution is 0.0886. The van der Waals surface area contributed by atoms with Gasteiger partial charge in [0.05, 0.1) is 6.10 Å². The molecule has 0 saturated carbocycles. The van der Waals surface area contributed by atoms with Crippen molar-refractivity contribution < 1.29 is 4.74 Å². The molecule has 3 nitrogen and oxygen atoms in total. The minimum atomic E-state index is 0.290. The SMILES string of the molecule is COC(C)C(C)NCCCCN(C)C(C)C. The first-order valence-corrected chi connectivity index (χ1v) is 6.45. The molecule has 0 bridgehead atoms. The van der Waals surface area contributed by atoms with Gasteiger partial charge in [-0.1, -0.05) is 0 Å². The zero-order valence-electron chi connectivity index (χ0n) is 11.9. The number of nitrogens with zero attached hydrogens (tertiary/aromatic N) is 1. The van der Waals surface area contributed by atoms with Gasteiger partial charge in [-0.15, -0.1) is 0 Å². The van der Waals surface area contributed by atoms with E-state index in [9.17, 15) is 0 Å². The topological polar surface area (TPSA) is 24.5 Å². The minimum absolute atomic E-state index is 0.290. The van der Waals surface area contributed by atoms with E-state index < -0.39 is 0 Å². The maximum Gasteiger partial charge on any atom is 0.0693 e. The molecule has 0 aromatic heterocycles. The Balaban J connectivity index is 3.40. The second kappa shape index (κ2) is 8.97. The van der Waals surface area contributed by atoms with Gasteiger partial charge in [0.1, 0.15) is 0 Å². The molecule has 1 N–H and O–H groups in total. The number of rotatable bonds is 9. The van der Waals surface area contributed by atoms with Gasteiger partial charge in [0, 0.05) is 19.2 Å². The van der Waals surface area contributed by atoms with Crippen LogP contribution in [-0.2, 0) is 4.74 Å². The Bertz CT molecular complexity index is 162. The highest BCUT2D eigenvalue weighted by atomic mass is 16.5. The van der Waals surface area contributed by atoms with Crippen molar-refractivity contribution >= 4 is 0 Å². The first-order chi connectivity index (χ1) is 7.49. The van der Waals surface area contributed by atoms with E-state index in [0.717, 1.165) is 6.54 Å². The van der Waals surface area contributed by atoms with Crippen molar-refractivity contribution in [1.82, 2.24) is 10.2 Å². The molecule has 0 fully saturated rings. The molecule has 0 aromatic rings. The van der Waals surface area contributed by atoms with Crippen molar-refractivity contribution in [1.29, 1.82) is 0 Å². The number of hydrogen-bond donors (Lipinski definition) is 1. The average Bonchev–Trinajstić information content (AvgIpc) is 2.26. The largest absolute Gasteiger partial charge is 0.380 e. The highest BCUT2D eigenvalue weighted by Gasteiger charge is 2.09. The van der Waals surface area contributed by atoms with Gasteiger partial charge in [0.2, 0.25) is 0 Å². The number of unbranched alkanes of at least 4 members (excludes halogenated alkanes) is 1. The van der Waals surface area contributed by atoms with Crippen LogP contribution in [0.1, 0.15) is 40.5 Å². The summed E-state index contributed by atoms with van der Waals surface area (Å²) in [4.78, 5) is 2.39. The maximum absolute atomic E-state index is 5.27. The lowest BCUT2D eigenvalue weighted by atomic mass is 10.2. The van der Waals surface area contributed by atoms with Crippen molar-refractivity contribution in [3.05, 3.63) is 0 Å². The second-order valence-corrected chi connectivity index (χ2v) is 4.97. The lowest BCUT2D eigenvalue weighted by Crippen LogP contribution is -2.37. The zero-order chi connectivity index (χ0) is 12.6. The average molecular weight is 230 g/mol. The molecular formula is C13H30N2O. The zero-order valence-corrected chi connectivity index (χ0v) is 11.9. The van der Waals surface area contributed by atoms with Crippen LogP contribution in [0.4, 0.5) is 0 Å². The Morgan fingerprint density at radius 3 is 2.25 bits per heavy atom. The molecule has 0 aliphatic heterocycles. The first-order valence-electron chi connectivity index (χ1n) is 6.45. The summed E-state index contributed by atoms with van der Waals surface area (Å²) in [5, 5.41) is 3.49. The maximum atomic E-state index is 5.27. The standard InChI is InChI=1S/C13H30N2O/c1-11(2)15(5)10-8-7-9-14-12(3)13(4)16-6/h11-14H,7-10H2,1-6H3. The van der Waals surface area contributed by atoms with Crippen LogP contribution >= 0.6 is 0 Å². The summed E-state index contributed by atoms with van der Waals surface area (Å²) in [5.41, 5.74) is 0. The molecule has 3 heteroatoms. The molecule has 98 valence electrons. The smallest absolute Gasteiger partial charge is 0.0693 e. The summed E-state index contributed by atoms with van der Waals surface area (Å²) in [6.45, 7) is 11.0. The molecule has 0 radical (unpaired) electrons. The van der Waals surface area contributed by atoms with Gasteiger partial charge in [0.25, 0.3) is 0 Å². The quantitative estimate of drug-likeness (QED) is 0.614. The molecule has 0 rings (SSSR count). The third-order valence-electron chi connectivity index (χ3n) is 3.36. The Morgan fingerprint density at radius 1 is 1.12 bits per heavy atom. The Labute approximate surface area is 102 Å². The fraction of sp³-hybridized carbons (Fsp3) is 1.00. The molecule has 0 amide bonds. The van der Waals surface area contributed by atoms with E-state index in [1.807, 2.05) is 0 Å². The number of nitrogens with one attached hydrogen (secondary N) is 1. The fourth-order valence-electron chi connectivity index (χ4n) is 1.44. The first kappa shape index (κ1) is 15.9. The summed E-state index contributed by atoms with van der Waals surface area (Å²) >= 11 is 0. The molecule has 2 unspecified atom stereocenters. The molecule has 0 aliphatic rings. The monoisotopic (exact) mass is 230 g/mol. The predicted octanol–water partition coefficient (Wildman–Crippen LogP) is 2.12. The minimum Gasteiger partial charge on any atom is -0.380 e. The van der Waals surface area contributed by atoms with Crippen LogP contribution in [0.5, 0.6) is 0 Å². The van der Waals surface area contributed by atoms with Crippen LogP contribution < -0.4 is 5.32 Å². The third kappa shape index (κ3) is 7.20. The van der Waals surface area contributed by atoms with E-state index in [1.54, 1.807) is 7.11 Å². The molecule has 0 saturated heterocycles. The van der Waals surface area contributed by atoms with Crippen molar-refractivity contribution in [3.63, 3.8) is 0 Å². The van der Waals surface area contributed by atoms with Crippen LogP contribution in [0.15, 0.2) is 0 Å². The molecule has 0 spiro atoms. The van der Waals surface area contributed by atoms with Crippen LogP contribution in [0.25, 0.3) is 0 Å². The van der Waals surface area contributed by atoms with E-state index >= 15 is 0 Å². The van der Waals surface area contributed by atoms with Crippen LogP contribution in [0.2, 0.25) is 0 Å². The highest BCUT2D eigenvalue weighted by Crippen LogP contribution is 1.99. The van der Waals surface area contributed by atoms with Gasteiger partial charge in [-0.2, -0.15) is 0 Å². The fourth-order valence-corrected chi connectivity index (χ4v) is 1.44. The molecule has 16 heavy (non-hydrogen) atoms. The summed E-state index contributed by atoms with van der Waals surface area (Å²) in [7, 11) is 3.95. The summed E-state index contributed by atoms with van der Waals surface area (Å²) in [6.07, 6.45) is 2.78. The van der Waals surface area contributed by atoms with Crippen LogP contribution in [0.3, 0.4) is 0 Å². The van der Waals surface area contributed by atoms with E-state index in [4.69, 9.17) is 4.74 Å². The number of methoxy groups -OCH3 is 1. The second-order valence-electron chi connectivity index (χ2n) is 4.97. The van der Waals surface area contributed by atoms with Gasteiger partial charge in [-0.3, -0.25) is 0 Å². The molecular weight excluding hydrogens is 200 g/mol. The van der Waals surface area contributed by atoms with E-state index in [-0.39, 0.29) is 0 Å². The third-order valence-corrected chi connectivity index (χ3v) is 3.36. The van der Waals surface area contributed by atoms with Crippen LogP contribution in [0, 0.1) is 0 Å². The number of ether oxygens (including phenoxy) is 1. The molecule has 0 heterocycles. The van der Waals surface area contributed by atoms with Gasteiger partial charge in [0.15, 0.2) is 0 Å². The van der Waals surface area contributed by atoms with Crippen molar-refractivity contribution in [3.8, 4) is 0 Å². The predicted molar refractivity (Wildman–Crippen MR) is 70.9 cm³/mol. The van der Waals surface area contributed by atoms with Crippen LogP contribution in [-0.4, -0.2) is 50.3 Å².